The van der Waals surface area contributed by atoms with Gasteiger partial charge in [-0.1, -0.05) is 68.0 Å². The van der Waals surface area contributed by atoms with Gasteiger partial charge in [0.1, 0.15) is 6.04 Å². The molecule has 7 heteroatoms. The summed E-state index contributed by atoms with van der Waals surface area (Å²) in [4.78, 5) is 35.9. The average Bonchev–Trinajstić information content (AvgIpc) is 2.79. The molecule has 33 heavy (non-hydrogen) atoms. The van der Waals surface area contributed by atoms with E-state index in [1.807, 2.05) is 31.2 Å². The summed E-state index contributed by atoms with van der Waals surface area (Å²) in [6, 6.07) is 8.89. The molecule has 0 aromatic heterocycles. The Labute approximate surface area is 197 Å². The fourth-order valence-corrected chi connectivity index (χ4v) is 3.48. The quantitative estimate of drug-likeness (QED) is 0.371. The SMILES string of the molecule is COC(=O)[C@@H](C)NC(=O)[C@@H](C)C(/C=C/C(C)=C/[C@H](C)[C@H](Cc1ccccc1)OC)NC(C)=O. The predicted molar refractivity (Wildman–Crippen MR) is 129 cm³/mol. The number of amides is 2. The first kappa shape index (κ1) is 28.1. The van der Waals surface area contributed by atoms with Crippen molar-refractivity contribution in [3.63, 3.8) is 0 Å². The lowest BCUT2D eigenvalue weighted by Crippen LogP contribution is -2.48. The van der Waals surface area contributed by atoms with Gasteiger partial charge in [-0.2, -0.15) is 0 Å². The molecule has 2 N–H and O–H groups in total. The second-order valence-electron chi connectivity index (χ2n) is 8.36. The van der Waals surface area contributed by atoms with Crippen molar-refractivity contribution in [3.8, 4) is 0 Å². The topological polar surface area (TPSA) is 93.7 Å². The Bertz CT molecular complexity index is 834. The van der Waals surface area contributed by atoms with Gasteiger partial charge in [-0.25, -0.2) is 4.79 Å². The predicted octanol–water partition coefficient (Wildman–Crippen LogP) is 3.20. The van der Waals surface area contributed by atoms with E-state index in [1.165, 1.54) is 19.6 Å². The van der Waals surface area contributed by atoms with Crippen molar-refractivity contribution in [2.24, 2.45) is 11.8 Å². The standard InChI is InChI=1S/C26H38N2O5/c1-17(15-18(2)24(32-6)16-22-11-9-8-10-12-22)13-14-23(28-21(5)29)19(3)25(30)27-20(4)26(31)33-7/h8-15,18-20,23-24H,16H2,1-7H3,(H,27,30)(H,28,29)/b14-13+,17-15+/t18-,19-,20+,23?,24-/m0/s1. The summed E-state index contributed by atoms with van der Waals surface area (Å²) in [6.45, 7) is 8.73. The molecule has 0 spiro atoms. The molecule has 1 rings (SSSR count). The maximum absolute atomic E-state index is 12.6. The number of rotatable bonds is 12. The van der Waals surface area contributed by atoms with Crippen molar-refractivity contribution < 1.29 is 23.9 Å². The second-order valence-corrected chi connectivity index (χ2v) is 8.36. The zero-order valence-corrected chi connectivity index (χ0v) is 20.8. The van der Waals surface area contributed by atoms with E-state index in [0.29, 0.717) is 0 Å². The molecule has 0 saturated heterocycles. The minimum absolute atomic E-state index is 0.0198. The highest BCUT2D eigenvalue weighted by molar-refractivity contribution is 5.86. The van der Waals surface area contributed by atoms with E-state index in [-0.39, 0.29) is 23.8 Å². The van der Waals surface area contributed by atoms with Gasteiger partial charge in [0.25, 0.3) is 0 Å². The first-order valence-corrected chi connectivity index (χ1v) is 11.2. The normalized spacial score (nSPS) is 16.4. The zero-order valence-electron chi connectivity index (χ0n) is 20.8. The molecule has 0 aliphatic heterocycles. The molecular weight excluding hydrogens is 420 g/mol. The Balaban J connectivity index is 2.89. The van der Waals surface area contributed by atoms with Gasteiger partial charge in [-0.05, 0) is 25.8 Å². The summed E-state index contributed by atoms with van der Waals surface area (Å²) in [5, 5.41) is 5.42. The third kappa shape index (κ3) is 10.0. The van der Waals surface area contributed by atoms with Crippen molar-refractivity contribution in [1.82, 2.24) is 10.6 Å². The van der Waals surface area contributed by atoms with Crippen molar-refractivity contribution in [2.45, 2.75) is 59.2 Å². The summed E-state index contributed by atoms with van der Waals surface area (Å²) >= 11 is 0. The molecule has 5 atom stereocenters. The largest absolute Gasteiger partial charge is 0.467 e. The maximum atomic E-state index is 12.6. The van der Waals surface area contributed by atoms with E-state index >= 15 is 0 Å². The molecule has 2 amide bonds. The van der Waals surface area contributed by atoms with Gasteiger partial charge in [0, 0.05) is 20.0 Å². The number of carbonyl (C=O) groups excluding carboxylic acids is 3. The number of methoxy groups -OCH3 is 2. The Morgan fingerprint density at radius 1 is 1.00 bits per heavy atom. The average molecular weight is 459 g/mol. The highest BCUT2D eigenvalue weighted by Crippen LogP contribution is 2.17. The highest BCUT2D eigenvalue weighted by atomic mass is 16.5. The first-order valence-electron chi connectivity index (χ1n) is 11.2. The molecule has 0 aliphatic rings. The minimum Gasteiger partial charge on any atom is -0.467 e. The Morgan fingerprint density at radius 3 is 2.18 bits per heavy atom. The maximum Gasteiger partial charge on any atom is 0.328 e. The molecule has 182 valence electrons. The van der Waals surface area contributed by atoms with Crippen molar-refractivity contribution in [1.29, 1.82) is 0 Å². The number of carbonyl (C=O) groups is 3. The summed E-state index contributed by atoms with van der Waals surface area (Å²) in [5.41, 5.74) is 2.20. The number of nitrogens with one attached hydrogen (secondary N) is 2. The number of hydrogen-bond donors (Lipinski definition) is 2. The molecule has 0 heterocycles. The number of esters is 1. The van der Waals surface area contributed by atoms with E-state index in [1.54, 1.807) is 27.0 Å². The fraction of sp³-hybridized carbons (Fsp3) is 0.500. The van der Waals surface area contributed by atoms with Gasteiger partial charge in [-0.15, -0.1) is 0 Å². The van der Waals surface area contributed by atoms with E-state index in [4.69, 9.17) is 4.74 Å². The number of hydrogen-bond acceptors (Lipinski definition) is 5. The lowest BCUT2D eigenvalue weighted by Gasteiger charge is -2.23. The summed E-state index contributed by atoms with van der Waals surface area (Å²) < 4.78 is 10.4. The summed E-state index contributed by atoms with van der Waals surface area (Å²) in [7, 11) is 2.98. The van der Waals surface area contributed by atoms with E-state index in [9.17, 15) is 14.4 Å². The van der Waals surface area contributed by atoms with E-state index < -0.39 is 24.0 Å². The number of allylic oxidation sites excluding steroid dienone is 2. The van der Waals surface area contributed by atoms with Crippen LogP contribution in [0.3, 0.4) is 0 Å². The van der Waals surface area contributed by atoms with Crippen LogP contribution in [0.1, 0.15) is 40.2 Å². The van der Waals surface area contributed by atoms with Gasteiger partial charge >= 0.3 is 5.97 Å². The summed E-state index contributed by atoms with van der Waals surface area (Å²) in [5.74, 6) is -1.57. The molecule has 7 nitrogen and oxygen atoms in total. The highest BCUT2D eigenvalue weighted by Gasteiger charge is 2.26. The molecular formula is C26H38N2O5. The third-order valence-corrected chi connectivity index (χ3v) is 5.50. The lowest BCUT2D eigenvalue weighted by molar-refractivity contribution is -0.145. The van der Waals surface area contributed by atoms with Crippen LogP contribution in [0.2, 0.25) is 0 Å². The monoisotopic (exact) mass is 458 g/mol. The van der Waals surface area contributed by atoms with Crippen molar-refractivity contribution in [3.05, 3.63) is 59.7 Å². The van der Waals surface area contributed by atoms with Crippen LogP contribution < -0.4 is 10.6 Å². The first-order chi connectivity index (χ1) is 15.6. The number of benzene rings is 1. The van der Waals surface area contributed by atoms with Crippen LogP contribution in [-0.4, -0.2) is 50.2 Å². The number of ether oxygens (including phenoxy) is 2. The Hall–Kier alpha value is -2.93. The molecule has 1 aromatic carbocycles. The van der Waals surface area contributed by atoms with Gasteiger partial charge in [-0.3, -0.25) is 9.59 Å². The molecule has 0 radical (unpaired) electrons. The van der Waals surface area contributed by atoms with Crippen LogP contribution in [0.5, 0.6) is 0 Å². The van der Waals surface area contributed by atoms with Crippen LogP contribution in [-0.2, 0) is 30.3 Å². The molecule has 0 fully saturated rings. The third-order valence-electron chi connectivity index (χ3n) is 5.50. The zero-order chi connectivity index (χ0) is 25.0. The van der Waals surface area contributed by atoms with Crippen LogP contribution in [0.15, 0.2) is 54.1 Å². The van der Waals surface area contributed by atoms with Gasteiger partial charge in [0.05, 0.1) is 25.2 Å². The fourth-order valence-electron chi connectivity index (χ4n) is 3.48. The van der Waals surface area contributed by atoms with Crippen LogP contribution in [0, 0.1) is 11.8 Å². The minimum atomic E-state index is -0.773. The van der Waals surface area contributed by atoms with Gasteiger partial charge in [0.15, 0.2) is 0 Å². The van der Waals surface area contributed by atoms with Crippen LogP contribution in [0.4, 0.5) is 0 Å². The molecule has 1 unspecified atom stereocenters. The van der Waals surface area contributed by atoms with E-state index in [2.05, 4.69) is 40.5 Å². The lowest BCUT2D eigenvalue weighted by atomic mass is 9.94. The van der Waals surface area contributed by atoms with Crippen LogP contribution in [0.25, 0.3) is 0 Å². The smallest absolute Gasteiger partial charge is 0.328 e. The van der Waals surface area contributed by atoms with E-state index in [0.717, 1.165) is 12.0 Å². The van der Waals surface area contributed by atoms with Gasteiger partial charge < -0.3 is 20.1 Å². The Morgan fingerprint density at radius 2 is 1.64 bits per heavy atom. The summed E-state index contributed by atoms with van der Waals surface area (Å²) in [6.07, 6.45) is 6.62. The molecule has 1 aromatic rings. The molecule has 0 aliphatic carbocycles. The van der Waals surface area contributed by atoms with Crippen LogP contribution >= 0.6 is 0 Å². The second kappa shape index (κ2) is 14.3. The molecule has 0 bridgehead atoms. The van der Waals surface area contributed by atoms with Crippen molar-refractivity contribution >= 4 is 17.8 Å². The molecule has 0 saturated carbocycles. The Kier molecular flexibility index (Phi) is 12.1. The van der Waals surface area contributed by atoms with Gasteiger partial charge in [0.2, 0.25) is 11.8 Å². The van der Waals surface area contributed by atoms with Crippen molar-refractivity contribution in [2.75, 3.05) is 14.2 Å².